The minimum absolute atomic E-state index is 0.0947. The highest BCUT2D eigenvalue weighted by atomic mass is 19.4. The molecule has 1 unspecified atom stereocenters. The van der Waals surface area contributed by atoms with Crippen molar-refractivity contribution in [3.63, 3.8) is 0 Å². The molecule has 1 saturated heterocycles. The second-order valence-corrected chi connectivity index (χ2v) is 6.43. The Morgan fingerprint density at radius 3 is 2.52 bits per heavy atom. The largest absolute Gasteiger partial charge is 0.482 e. The molecule has 11 heteroatoms. The summed E-state index contributed by atoms with van der Waals surface area (Å²) in [6.45, 7) is -2.15. The smallest absolute Gasteiger partial charge is 0.458 e. The zero-order chi connectivity index (χ0) is 21.4. The third-order valence-corrected chi connectivity index (χ3v) is 4.74. The quantitative estimate of drug-likeness (QED) is 0.522. The van der Waals surface area contributed by atoms with Crippen molar-refractivity contribution in [2.45, 2.75) is 31.0 Å². The van der Waals surface area contributed by atoms with E-state index in [1.165, 1.54) is 4.90 Å². The third kappa shape index (κ3) is 3.52. The predicted molar refractivity (Wildman–Crippen MR) is 88.7 cm³/mol. The molecule has 0 N–H and O–H groups in total. The number of amidine groups is 1. The zero-order valence-electron chi connectivity index (χ0n) is 14.7. The van der Waals surface area contributed by atoms with E-state index in [0.717, 1.165) is 6.07 Å². The predicted octanol–water partition coefficient (Wildman–Crippen LogP) is 4.73. The van der Waals surface area contributed by atoms with Crippen molar-refractivity contribution in [3.8, 4) is 11.9 Å². The van der Waals surface area contributed by atoms with Crippen LogP contribution < -0.4 is 4.74 Å². The van der Waals surface area contributed by atoms with Crippen LogP contribution in [-0.2, 0) is 5.92 Å². The second-order valence-electron chi connectivity index (χ2n) is 6.43. The SMILES string of the molecule is N#C/N=C1/CCCN1C1=C(CF)C(CF)Oc2ccc(C(F)(F)C(F)(F)F)cc21. The number of nitriles is 1. The van der Waals surface area contributed by atoms with Gasteiger partial charge in [0.1, 0.15) is 24.9 Å². The summed E-state index contributed by atoms with van der Waals surface area (Å²) >= 11 is 0. The number of hydrogen-bond acceptors (Lipinski definition) is 3. The Bertz CT molecular complexity index is 902. The summed E-state index contributed by atoms with van der Waals surface area (Å²) in [6, 6.07) is 1.97. The number of hydrogen-bond donors (Lipinski definition) is 0. The van der Waals surface area contributed by atoms with Gasteiger partial charge in [-0.1, -0.05) is 0 Å². The maximum Gasteiger partial charge on any atom is 0.458 e. The first kappa shape index (κ1) is 21.0. The van der Waals surface area contributed by atoms with Crippen molar-refractivity contribution in [1.82, 2.24) is 4.90 Å². The molecule has 29 heavy (non-hydrogen) atoms. The molecule has 2 heterocycles. The normalized spacial score (nSPS) is 21.2. The highest BCUT2D eigenvalue weighted by Crippen LogP contribution is 2.47. The Balaban J connectivity index is 2.23. The van der Waals surface area contributed by atoms with Crippen molar-refractivity contribution in [1.29, 1.82) is 5.26 Å². The van der Waals surface area contributed by atoms with Gasteiger partial charge in [-0.15, -0.1) is 0 Å². The molecule has 0 aliphatic carbocycles. The van der Waals surface area contributed by atoms with Gasteiger partial charge >= 0.3 is 12.1 Å². The summed E-state index contributed by atoms with van der Waals surface area (Å²) in [7, 11) is 0. The van der Waals surface area contributed by atoms with E-state index in [1.807, 2.05) is 0 Å². The van der Waals surface area contributed by atoms with Crippen molar-refractivity contribution < 1.29 is 35.5 Å². The van der Waals surface area contributed by atoms with Gasteiger partial charge in [0, 0.05) is 29.7 Å². The lowest BCUT2D eigenvalue weighted by Crippen LogP contribution is -2.36. The van der Waals surface area contributed by atoms with Crippen LogP contribution in [0.4, 0.5) is 30.7 Å². The fraction of sp³-hybridized carbons (Fsp3) is 0.444. The van der Waals surface area contributed by atoms with Gasteiger partial charge in [-0.3, -0.25) is 0 Å². The number of ether oxygens (including phenoxy) is 1. The molecule has 3 rings (SSSR count). The maximum atomic E-state index is 13.9. The number of aliphatic imine (C=N–C) groups is 1. The van der Waals surface area contributed by atoms with E-state index in [4.69, 9.17) is 10.00 Å². The van der Waals surface area contributed by atoms with Crippen LogP contribution >= 0.6 is 0 Å². The van der Waals surface area contributed by atoms with Crippen LogP contribution in [0.5, 0.6) is 5.75 Å². The molecule has 0 aromatic heterocycles. The van der Waals surface area contributed by atoms with Gasteiger partial charge in [-0.05, 0) is 24.6 Å². The molecule has 0 amide bonds. The highest BCUT2D eigenvalue weighted by molar-refractivity contribution is 5.95. The number of halogens is 7. The van der Waals surface area contributed by atoms with Gasteiger partial charge in [0.15, 0.2) is 6.10 Å². The van der Waals surface area contributed by atoms with Crippen LogP contribution in [0.1, 0.15) is 24.0 Å². The van der Waals surface area contributed by atoms with E-state index in [1.54, 1.807) is 6.19 Å². The summed E-state index contributed by atoms with van der Waals surface area (Å²) in [6.07, 6.45) is -4.85. The molecule has 1 aromatic rings. The van der Waals surface area contributed by atoms with E-state index in [9.17, 15) is 30.7 Å². The molecule has 0 radical (unpaired) electrons. The topological polar surface area (TPSA) is 48.6 Å². The highest BCUT2D eigenvalue weighted by Gasteiger charge is 2.59. The van der Waals surface area contributed by atoms with Gasteiger partial charge in [0.2, 0.25) is 6.19 Å². The lowest BCUT2D eigenvalue weighted by molar-refractivity contribution is -0.289. The molecule has 0 bridgehead atoms. The van der Waals surface area contributed by atoms with Crippen molar-refractivity contribution in [2.75, 3.05) is 19.9 Å². The Hall–Kier alpha value is -2.77. The molecular weight excluding hydrogens is 407 g/mol. The number of benzene rings is 1. The van der Waals surface area contributed by atoms with E-state index in [0.29, 0.717) is 25.0 Å². The molecule has 1 aromatic carbocycles. The van der Waals surface area contributed by atoms with E-state index in [2.05, 4.69) is 4.99 Å². The average molecular weight is 421 g/mol. The van der Waals surface area contributed by atoms with Crippen molar-refractivity contribution in [2.24, 2.45) is 4.99 Å². The minimum Gasteiger partial charge on any atom is -0.482 e. The van der Waals surface area contributed by atoms with E-state index in [-0.39, 0.29) is 35.0 Å². The van der Waals surface area contributed by atoms with Crippen LogP contribution in [0.15, 0.2) is 28.8 Å². The van der Waals surface area contributed by atoms with Crippen molar-refractivity contribution in [3.05, 3.63) is 34.9 Å². The van der Waals surface area contributed by atoms with Crippen molar-refractivity contribution >= 4 is 11.5 Å². The molecule has 1 fully saturated rings. The molecule has 0 saturated carbocycles. The summed E-state index contributed by atoms with van der Waals surface area (Å²) in [5.41, 5.74) is -1.95. The first-order valence-corrected chi connectivity index (χ1v) is 8.50. The standard InChI is InChI=1S/C18H14F7N3O/c19-7-12-14(8-20)29-13-4-3-10(17(21,22)18(23,24)25)6-11(13)16(12)28-5-1-2-15(28)27-9-26/h3-4,6,14H,1-2,5,7-8H2/b27-15-. The van der Waals surface area contributed by atoms with Gasteiger partial charge in [-0.25, -0.2) is 8.78 Å². The number of likely N-dealkylation sites (tertiary alicyclic amines) is 1. The van der Waals surface area contributed by atoms with Crippen LogP contribution in [-0.4, -0.2) is 42.9 Å². The Morgan fingerprint density at radius 2 is 1.93 bits per heavy atom. The van der Waals surface area contributed by atoms with Crippen LogP contribution in [0.3, 0.4) is 0 Å². The molecule has 2 aliphatic rings. The Morgan fingerprint density at radius 1 is 1.21 bits per heavy atom. The Kier molecular flexibility index (Phi) is 5.47. The van der Waals surface area contributed by atoms with Crippen LogP contribution in [0.25, 0.3) is 5.70 Å². The average Bonchev–Trinajstić information content (AvgIpc) is 3.13. The third-order valence-electron chi connectivity index (χ3n) is 4.74. The second kappa shape index (κ2) is 7.57. The Labute approximate surface area is 160 Å². The van der Waals surface area contributed by atoms with Crippen LogP contribution in [0, 0.1) is 11.5 Å². The fourth-order valence-electron chi connectivity index (χ4n) is 3.39. The molecule has 0 spiro atoms. The van der Waals surface area contributed by atoms with Gasteiger partial charge in [-0.2, -0.15) is 32.2 Å². The van der Waals surface area contributed by atoms with E-state index >= 15 is 0 Å². The summed E-state index contributed by atoms with van der Waals surface area (Å²) < 4.78 is 98.7. The molecule has 2 aliphatic heterocycles. The minimum atomic E-state index is -5.84. The maximum absolute atomic E-state index is 13.9. The lowest BCUT2D eigenvalue weighted by atomic mass is 9.94. The number of alkyl halides is 7. The summed E-state index contributed by atoms with van der Waals surface area (Å²) in [5.74, 6) is -5.13. The van der Waals surface area contributed by atoms with E-state index < -0.39 is 37.1 Å². The molecule has 1 atom stereocenters. The fourth-order valence-corrected chi connectivity index (χ4v) is 3.39. The van der Waals surface area contributed by atoms with Gasteiger partial charge in [0.05, 0.1) is 5.70 Å². The summed E-state index contributed by atoms with van der Waals surface area (Å²) in [4.78, 5) is 4.96. The number of rotatable bonds is 4. The molecular formula is C18H14F7N3O. The number of fused-ring (bicyclic) bond motifs is 1. The molecule has 4 nitrogen and oxygen atoms in total. The lowest BCUT2D eigenvalue weighted by Gasteiger charge is -2.34. The summed E-state index contributed by atoms with van der Waals surface area (Å²) in [5, 5.41) is 8.84. The molecule has 156 valence electrons. The number of nitrogens with zero attached hydrogens (tertiary/aromatic N) is 3. The van der Waals surface area contributed by atoms with Gasteiger partial charge in [0.25, 0.3) is 0 Å². The zero-order valence-corrected chi connectivity index (χ0v) is 14.7. The van der Waals surface area contributed by atoms with Gasteiger partial charge < -0.3 is 9.64 Å². The first-order chi connectivity index (χ1) is 13.7. The monoisotopic (exact) mass is 421 g/mol. The first-order valence-electron chi connectivity index (χ1n) is 8.50. The van der Waals surface area contributed by atoms with Crippen LogP contribution in [0.2, 0.25) is 0 Å².